The predicted molar refractivity (Wildman–Crippen MR) is 117 cm³/mol. The van der Waals surface area contributed by atoms with Crippen LogP contribution in [0.1, 0.15) is 41.6 Å². The highest BCUT2D eigenvalue weighted by Crippen LogP contribution is 2.44. The molecule has 0 aliphatic heterocycles. The molecule has 1 amide bonds. The van der Waals surface area contributed by atoms with Crippen LogP contribution in [0.25, 0.3) is 0 Å². The van der Waals surface area contributed by atoms with Crippen molar-refractivity contribution < 1.29 is 13.2 Å². The Balaban J connectivity index is 1.43. The minimum atomic E-state index is -3.63. The lowest BCUT2D eigenvalue weighted by molar-refractivity contribution is 0.0923. The maximum absolute atomic E-state index is 13.0. The van der Waals surface area contributed by atoms with E-state index >= 15 is 0 Å². The van der Waals surface area contributed by atoms with Gasteiger partial charge in [0.1, 0.15) is 0 Å². The van der Waals surface area contributed by atoms with Gasteiger partial charge in [-0.1, -0.05) is 42.8 Å². The maximum Gasteiger partial charge on any atom is 0.251 e. The lowest BCUT2D eigenvalue weighted by atomic mass is 9.95. The summed E-state index contributed by atoms with van der Waals surface area (Å²) in [5.41, 5.74) is 1.44. The SMILES string of the molecule is C=CCN(Cc1ccc(C(=O)N[C@@H]2C[C@@H]3CC[C@@H]2C3)cc1)S(=O)(=O)c1ccccc1. The van der Waals surface area contributed by atoms with Crippen LogP contribution >= 0.6 is 0 Å². The number of fused-ring (bicyclic) bond motifs is 2. The lowest BCUT2D eigenvalue weighted by Gasteiger charge is -2.23. The summed E-state index contributed by atoms with van der Waals surface area (Å²) in [7, 11) is -3.63. The highest BCUT2D eigenvalue weighted by molar-refractivity contribution is 7.89. The fourth-order valence-corrected chi connectivity index (χ4v) is 6.19. The molecule has 5 nitrogen and oxygen atoms in total. The topological polar surface area (TPSA) is 66.5 Å². The van der Waals surface area contributed by atoms with Crippen LogP contribution in [0.2, 0.25) is 0 Å². The lowest BCUT2D eigenvalue weighted by Crippen LogP contribution is -2.38. The van der Waals surface area contributed by atoms with Crippen LogP contribution in [0.15, 0.2) is 72.1 Å². The zero-order valence-electron chi connectivity index (χ0n) is 17.0. The summed E-state index contributed by atoms with van der Waals surface area (Å²) in [4.78, 5) is 12.9. The number of amides is 1. The molecule has 2 fully saturated rings. The quantitative estimate of drug-likeness (QED) is 0.652. The predicted octanol–water partition coefficient (Wildman–Crippen LogP) is 3.98. The van der Waals surface area contributed by atoms with Crippen molar-refractivity contribution in [2.24, 2.45) is 11.8 Å². The first kappa shape index (κ1) is 20.8. The number of benzene rings is 2. The third kappa shape index (κ3) is 4.35. The van der Waals surface area contributed by atoms with Crippen molar-refractivity contribution in [2.75, 3.05) is 6.54 Å². The Hall–Kier alpha value is -2.44. The summed E-state index contributed by atoms with van der Waals surface area (Å²) in [6, 6.07) is 15.9. The van der Waals surface area contributed by atoms with E-state index in [0.717, 1.165) is 17.9 Å². The van der Waals surface area contributed by atoms with Gasteiger partial charge in [-0.3, -0.25) is 4.79 Å². The smallest absolute Gasteiger partial charge is 0.251 e. The zero-order valence-corrected chi connectivity index (χ0v) is 17.9. The second-order valence-corrected chi connectivity index (χ2v) is 10.3. The van der Waals surface area contributed by atoms with E-state index in [9.17, 15) is 13.2 Å². The van der Waals surface area contributed by atoms with Crippen molar-refractivity contribution in [1.29, 1.82) is 0 Å². The van der Waals surface area contributed by atoms with Crippen LogP contribution in [-0.4, -0.2) is 31.2 Å². The van der Waals surface area contributed by atoms with Gasteiger partial charge in [0.05, 0.1) is 4.90 Å². The van der Waals surface area contributed by atoms with Gasteiger partial charge in [-0.15, -0.1) is 6.58 Å². The average Bonchev–Trinajstić information content (AvgIpc) is 3.38. The Morgan fingerprint density at radius 2 is 1.80 bits per heavy atom. The number of carbonyl (C=O) groups excluding carboxylic acids is 1. The van der Waals surface area contributed by atoms with E-state index in [2.05, 4.69) is 11.9 Å². The van der Waals surface area contributed by atoms with Gasteiger partial charge in [0.15, 0.2) is 0 Å². The van der Waals surface area contributed by atoms with Crippen molar-refractivity contribution in [2.45, 2.75) is 43.2 Å². The summed E-state index contributed by atoms with van der Waals surface area (Å²) >= 11 is 0. The molecule has 2 saturated carbocycles. The Morgan fingerprint density at radius 3 is 2.40 bits per heavy atom. The molecule has 1 N–H and O–H groups in total. The van der Waals surface area contributed by atoms with E-state index in [1.54, 1.807) is 48.5 Å². The number of sulfonamides is 1. The maximum atomic E-state index is 13.0. The molecule has 2 aliphatic carbocycles. The number of hydrogen-bond acceptors (Lipinski definition) is 3. The summed E-state index contributed by atoms with van der Waals surface area (Å²) in [6.45, 7) is 4.12. The van der Waals surface area contributed by atoms with Crippen LogP contribution in [0.5, 0.6) is 0 Å². The van der Waals surface area contributed by atoms with Gasteiger partial charge in [0, 0.05) is 24.7 Å². The molecule has 0 spiro atoms. The minimum absolute atomic E-state index is 0.0426. The number of nitrogens with one attached hydrogen (secondary N) is 1. The molecule has 2 aromatic rings. The van der Waals surface area contributed by atoms with Crippen LogP contribution in [0, 0.1) is 11.8 Å². The van der Waals surface area contributed by atoms with Crippen molar-refractivity contribution in [3.8, 4) is 0 Å². The fourth-order valence-electron chi connectivity index (χ4n) is 4.77. The molecule has 2 aliphatic rings. The molecule has 2 aromatic carbocycles. The van der Waals surface area contributed by atoms with Gasteiger partial charge in [0.25, 0.3) is 5.91 Å². The molecule has 0 aromatic heterocycles. The molecule has 4 rings (SSSR count). The van der Waals surface area contributed by atoms with E-state index in [1.165, 1.54) is 23.6 Å². The monoisotopic (exact) mass is 424 g/mol. The highest BCUT2D eigenvalue weighted by Gasteiger charge is 2.40. The number of hydrogen-bond donors (Lipinski definition) is 1. The number of rotatable bonds is 8. The normalized spacial score (nSPS) is 22.9. The number of carbonyl (C=O) groups is 1. The van der Waals surface area contributed by atoms with E-state index in [0.29, 0.717) is 17.5 Å². The molecule has 158 valence electrons. The molecule has 30 heavy (non-hydrogen) atoms. The first-order chi connectivity index (χ1) is 14.5. The van der Waals surface area contributed by atoms with Crippen LogP contribution in [0.3, 0.4) is 0 Å². The van der Waals surface area contributed by atoms with Crippen molar-refractivity contribution in [3.05, 3.63) is 78.4 Å². The van der Waals surface area contributed by atoms with Crippen LogP contribution in [0.4, 0.5) is 0 Å². The second-order valence-electron chi connectivity index (χ2n) is 8.35. The third-order valence-electron chi connectivity index (χ3n) is 6.34. The van der Waals surface area contributed by atoms with Crippen molar-refractivity contribution >= 4 is 15.9 Å². The Morgan fingerprint density at radius 1 is 1.07 bits per heavy atom. The molecule has 2 bridgehead atoms. The van der Waals surface area contributed by atoms with E-state index < -0.39 is 10.0 Å². The zero-order chi connectivity index (χ0) is 21.1. The Labute approximate surface area is 178 Å². The van der Waals surface area contributed by atoms with Crippen molar-refractivity contribution in [3.63, 3.8) is 0 Å². The van der Waals surface area contributed by atoms with Gasteiger partial charge < -0.3 is 5.32 Å². The average molecular weight is 425 g/mol. The fraction of sp³-hybridized carbons (Fsp3) is 0.375. The summed E-state index contributed by atoms with van der Waals surface area (Å²) in [5.74, 6) is 1.37. The Bertz CT molecular complexity index is 1000. The molecule has 0 radical (unpaired) electrons. The van der Waals surface area contributed by atoms with E-state index in [-0.39, 0.29) is 23.9 Å². The first-order valence-electron chi connectivity index (χ1n) is 10.5. The van der Waals surface area contributed by atoms with E-state index in [4.69, 9.17) is 0 Å². The van der Waals surface area contributed by atoms with Gasteiger partial charge in [-0.2, -0.15) is 4.31 Å². The highest BCUT2D eigenvalue weighted by atomic mass is 32.2. The van der Waals surface area contributed by atoms with Crippen molar-refractivity contribution in [1.82, 2.24) is 9.62 Å². The summed E-state index contributed by atoms with van der Waals surface area (Å²) in [5, 5.41) is 3.19. The minimum Gasteiger partial charge on any atom is -0.349 e. The Kier molecular flexibility index (Phi) is 6.06. The largest absolute Gasteiger partial charge is 0.349 e. The second kappa shape index (κ2) is 8.74. The van der Waals surface area contributed by atoms with Gasteiger partial charge in [-0.25, -0.2) is 8.42 Å². The molecular weight excluding hydrogens is 396 g/mol. The van der Waals surface area contributed by atoms with Gasteiger partial charge >= 0.3 is 0 Å². The summed E-state index contributed by atoms with van der Waals surface area (Å²) in [6.07, 6.45) is 6.46. The first-order valence-corrected chi connectivity index (χ1v) is 12.0. The van der Waals surface area contributed by atoms with E-state index in [1.807, 2.05) is 12.1 Å². The molecule has 0 saturated heterocycles. The molecule has 0 unspecified atom stereocenters. The third-order valence-corrected chi connectivity index (χ3v) is 8.17. The van der Waals surface area contributed by atoms with Gasteiger partial charge in [0.2, 0.25) is 10.0 Å². The summed E-state index contributed by atoms with van der Waals surface area (Å²) < 4.78 is 27.3. The van der Waals surface area contributed by atoms with Crippen LogP contribution < -0.4 is 5.32 Å². The molecule has 6 heteroatoms. The van der Waals surface area contributed by atoms with Gasteiger partial charge in [-0.05, 0) is 60.9 Å². The standard InChI is InChI=1S/C24H28N2O3S/c1-2-14-26(30(28,29)22-6-4-3-5-7-22)17-18-8-11-20(12-9-18)24(27)25-23-16-19-10-13-21(23)15-19/h2-9,11-12,19,21,23H,1,10,13-17H2,(H,25,27)/t19-,21-,23-/m1/s1. The number of nitrogens with zero attached hydrogens (tertiary/aromatic N) is 1. The molecule has 0 heterocycles. The molecule has 3 atom stereocenters. The molecular formula is C24H28N2O3S. The van der Waals surface area contributed by atoms with Crippen LogP contribution in [-0.2, 0) is 16.6 Å².